The zero-order valence-corrected chi connectivity index (χ0v) is 13.9. The molecule has 1 aromatic carbocycles. The van der Waals surface area contributed by atoms with Crippen LogP contribution >= 0.6 is 0 Å². The smallest absolute Gasteiger partial charge is 0.223 e. The molecule has 0 atom stereocenters. The van der Waals surface area contributed by atoms with E-state index in [1.807, 2.05) is 18.2 Å². The van der Waals surface area contributed by atoms with Crippen molar-refractivity contribution < 1.29 is 10.2 Å². The highest BCUT2D eigenvalue weighted by atomic mass is 16.3. The van der Waals surface area contributed by atoms with Gasteiger partial charge in [0.25, 0.3) is 0 Å². The number of aromatic hydroxyl groups is 1. The van der Waals surface area contributed by atoms with Crippen molar-refractivity contribution in [1.82, 2.24) is 9.47 Å². The number of nitrogens with zero attached hydrogens (tertiary/aromatic N) is 2. The highest BCUT2D eigenvalue weighted by Crippen LogP contribution is 2.19. The molecule has 2 aromatic rings. The Balaban J connectivity index is 2.34. The molecule has 2 rings (SSSR count). The number of hydrogen-bond donors (Lipinski definition) is 2. The molecule has 1 aromatic heterocycles. The van der Waals surface area contributed by atoms with Gasteiger partial charge in [0.15, 0.2) is 5.75 Å². The Morgan fingerprint density at radius 1 is 1.17 bits per heavy atom. The van der Waals surface area contributed by atoms with E-state index in [1.54, 1.807) is 11.6 Å². The van der Waals surface area contributed by atoms with Crippen molar-refractivity contribution >= 4 is 0 Å². The predicted octanol–water partition coefficient (Wildman–Crippen LogP) is 1.99. The summed E-state index contributed by atoms with van der Waals surface area (Å²) in [6.07, 6.45) is 0. The normalized spacial score (nSPS) is 11.4. The molecule has 0 aliphatic rings. The topological polar surface area (TPSA) is 65.7 Å². The summed E-state index contributed by atoms with van der Waals surface area (Å²) >= 11 is 0. The fourth-order valence-corrected chi connectivity index (χ4v) is 2.55. The minimum atomic E-state index is -0.453. The maximum atomic E-state index is 11.9. The van der Waals surface area contributed by atoms with Crippen molar-refractivity contribution in [3.63, 3.8) is 0 Å². The molecule has 0 unspecified atom stereocenters. The first-order valence-electron chi connectivity index (χ1n) is 7.73. The lowest BCUT2D eigenvalue weighted by molar-refractivity contribution is 0.194. The van der Waals surface area contributed by atoms with Crippen LogP contribution in [-0.4, -0.2) is 25.7 Å². The summed E-state index contributed by atoms with van der Waals surface area (Å²) in [7, 11) is 1.75. The molecule has 0 fully saturated rings. The average Bonchev–Trinajstić information content (AvgIpc) is 2.54. The van der Waals surface area contributed by atoms with Gasteiger partial charge in [0.1, 0.15) is 0 Å². The van der Waals surface area contributed by atoms with Crippen molar-refractivity contribution in [3.8, 4) is 5.75 Å². The van der Waals surface area contributed by atoms with Crippen LogP contribution in [0.4, 0.5) is 0 Å². The maximum absolute atomic E-state index is 11.9. The molecule has 5 nitrogen and oxygen atoms in total. The van der Waals surface area contributed by atoms with Crippen LogP contribution in [0.5, 0.6) is 5.75 Å². The van der Waals surface area contributed by atoms with E-state index in [0.717, 1.165) is 6.54 Å². The molecule has 0 amide bonds. The van der Waals surface area contributed by atoms with Crippen LogP contribution in [0.25, 0.3) is 0 Å². The first-order valence-corrected chi connectivity index (χ1v) is 7.73. The van der Waals surface area contributed by atoms with E-state index in [2.05, 4.69) is 30.9 Å². The van der Waals surface area contributed by atoms with Gasteiger partial charge in [0.05, 0.1) is 12.3 Å². The fourth-order valence-electron chi connectivity index (χ4n) is 2.55. The standard InChI is InChI=1S/C18H24N2O3/c1-13(2)20(10-14-7-5-4-6-8-14)11-16-18(23)17(22)9-15(12-21)19(16)3/h4-9,13,21,23H,10-12H2,1-3H3. The van der Waals surface area contributed by atoms with Crippen molar-refractivity contribution in [2.24, 2.45) is 7.05 Å². The van der Waals surface area contributed by atoms with Crippen molar-refractivity contribution in [1.29, 1.82) is 0 Å². The number of rotatable bonds is 6. The van der Waals surface area contributed by atoms with E-state index in [-0.39, 0.29) is 18.4 Å². The van der Waals surface area contributed by atoms with Crippen LogP contribution in [-0.2, 0) is 26.7 Å². The highest BCUT2D eigenvalue weighted by Gasteiger charge is 2.18. The minimum absolute atomic E-state index is 0.237. The lowest BCUT2D eigenvalue weighted by Crippen LogP contribution is -2.32. The second-order valence-electron chi connectivity index (χ2n) is 6.00. The van der Waals surface area contributed by atoms with Gasteiger partial charge in [0.2, 0.25) is 5.43 Å². The SMILES string of the molecule is CC(C)N(Cc1ccccc1)Cc1c(O)c(=O)cc(CO)n1C. The molecule has 0 radical (unpaired) electrons. The average molecular weight is 316 g/mol. The lowest BCUT2D eigenvalue weighted by atomic mass is 10.1. The zero-order chi connectivity index (χ0) is 17.0. The predicted molar refractivity (Wildman–Crippen MR) is 90.1 cm³/mol. The van der Waals surface area contributed by atoms with Gasteiger partial charge in [-0.2, -0.15) is 0 Å². The number of pyridine rings is 1. The Bertz CT molecular complexity index is 708. The number of aliphatic hydroxyl groups is 1. The lowest BCUT2D eigenvalue weighted by Gasteiger charge is -2.28. The third kappa shape index (κ3) is 4.00. The van der Waals surface area contributed by atoms with Crippen molar-refractivity contribution in [2.45, 2.75) is 39.6 Å². The summed E-state index contributed by atoms with van der Waals surface area (Å²) < 4.78 is 1.69. The van der Waals surface area contributed by atoms with Crippen molar-refractivity contribution in [2.75, 3.05) is 0 Å². The molecule has 0 spiro atoms. The third-order valence-electron chi connectivity index (χ3n) is 4.11. The minimum Gasteiger partial charge on any atom is -0.503 e. The van der Waals surface area contributed by atoms with E-state index in [1.165, 1.54) is 11.6 Å². The Morgan fingerprint density at radius 3 is 2.39 bits per heavy atom. The van der Waals surface area contributed by atoms with Gasteiger partial charge in [-0.3, -0.25) is 9.69 Å². The summed E-state index contributed by atoms with van der Waals surface area (Å²) in [5.41, 5.74) is 1.73. The van der Waals surface area contributed by atoms with E-state index >= 15 is 0 Å². The molecule has 23 heavy (non-hydrogen) atoms. The summed E-state index contributed by atoms with van der Waals surface area (Å²) in [6.45, 7) is 5.06. The maximum Gasteiger partial charge on any atom is 0.223 e. The molecule has 0 aliphatic heterocycles. The Kier molecular flexibility index (Phi) is 5.58. The quantitative estimate of drug-likeness (QED) is 0.855. The molecule has 5 heteroatoms. The van der Waals surface area contributed by atoms with Gasteiger partial charge in [0, 0.05) is 37.9 Å². The van der Waals surface area contributed by atoms with Gasteiger partial charge in [-0.1, -0.05) is 30.3 Å². The second kappa shape index (κ2) is 7.44. The number of aromatic nitrogens is 1. The first-order chi connectivity index (χ1) is 10.9. The number of hydrogen-bond acceptors (Lipinski definition) is 4. The third-order valence-corrected chi connectivity index (χ3v) is 4.11. The molecule has 0 saturated heterocycles. The van der Waals surface area contributed by atoms with Crippen LogP contribution in [0.3, 0.4) is 0 Å². The molecule has 124 valence electrons. The summed E-state index contributed by atoms with van der Waals surface area (Å²) in [5, 5.41) is 19.5. The summed E-state index contributed by atoms with van der Waals surface area (Å²) in [6, 6.07) is 11.6. The van der Waals surface area contributed by atoms with Crippen LogP contribution in [0.2, 0.25) is 0 Å². The Labute approximate surface area is 136 Å². The van der Waals surface area contributed by atoms with Crippen LogP contribution < -0.4 is 5.43 Å². The van der Waals surface area contributed by atoms with Crippen molar-refractivity contribution in [3.05, 3.63) is 63.6 Å². The number of benzene rings is 1. The molecular formula is C18H24N2O3. The molecule has 0 bridgehead atoms. The van der Waals surface area contributed by atoms with E-state index in [4.69, 9.17) is 0 Å². The van der Waals surface area contributed by atoms with E-state index in [9.17, 15) is 15.0 Å². The molecule has 0 aliphatic carbocycles. The van der Waals surface area contributed by atoms with Gasteiger partial charge >= 0.3 is 0 Å². The number of aliphatic hydroxyl groups excluding tert-OH is 1. The zero-order valence-electron chi connectivity index (χ0n) is 13.9. The Hall–Kier alpha value is -2.11. The van der Waals surface area contributed by atoms with Crippen LogP contribution in [0.1, 0.15) is 30.8 Å². The van der Waals surface area contributed by atoms with E-state index < -0.39 is 5.43 Å². The summed E-state index contributed by atoms with van der Waals surface area (Å²) in [5.74, 6) is -0.247. The molecule has 1 heterocycles. The fraction of sp³-hybridized carbons (Fsp3) is 0.389. The van der Waals surface area contributed by atoms with E-state index in [0.29, 0.717) is 17.9 Å². The van der Waals surface area contributed by atoms with Gasteiger partial charge in [-0.25, -0.2) is 0 Å². The van der Waals surface area contributed by atoms with Crippen LogP contribution in [0, 0.1) is 0 Å². The van der Waals surface area contributed by atoms with Gasteiger partial charge < -0.3 is 14.8 Å². The molecule has 0 saturated carbocycles. The summed E-state index contributed by atoms with van der Waals surface area (Å²) in [4.78, 5) is 14.1. The first kappa shape index (κ1) is 17.2. The van der Waals surface area contributed by atoms with Gasteiger partial charge in [-0.15, -0.1) is 0 Å². The monoisotopic (exact) mass is 316 g/mol. The van der Waals surface area contributed by atoms with Gasteiger partial charge in [-0.05, 0) is 19.4 Å². The Morgan fingerprint density at radius 2 is 1.83 bits per heavy atom. The molecular weight excluding hydrogens is 292 g/mol. The highest BCUT2D eigenvalue weighted by molar-refractivity contribution is 5.30. The molecule has 2 N–H and O–H groups in total. The largest absolute Gasteiger partial charge is 0.503 e. The van der Waals surface area contributed by atoms with Crippen LogP contribution in [0.15, 0.2) is 41.2 Å². The second-order valence-corrected chi connectivity index (χ2v) is 6.00.